The molecule has 0 radical (unpaired) electrons. The molecule has 0 bridgehead atoms. The molecule has 108 valence electrons. The van der Waals surface area contributed by atoms with Crippen molar-refractivity contribution >= 4 is 17.1 Å². The fourth-order valence-electron chi connectivity index (χ4n) is 2.02. The lowest BCUT2D eigenvalue weighted by atomic mass is 10.3. The van der Waals surface area contributed by atoms with Crippen LogP contribution in [0.25, 0.3) is 5.52 Å². The lowest BCUT2D eigenvalue weighted by molar-refractivity contribution is 0.522. The van der Waals surface area contributed by atoms with Crippen LogP contribution in [0.4, 0.5) is 4.39 Å². The number of aryl methyl sites for hydroxylation is 1. The van der Waals surface area contributed by atoms with Gasteiger partial charge in [0.25, 0.3) is 5.56 Å². The first kappa shape index (κ1) is 13.5. The van der Waals surface area contributed by atoms with Crippen molar-refractivity contribution in [3.8, 4) is 0 Å². The molecule has 0 atom stereocenters. The van der Waals surface area contributed by atoms with Crippen molar-refractivity contribution in [2.45, 2.75) is 6.54 Å². The minimum atomic E-state index is -0.688. The van der Waals surface area contributed by atoms with Gasteiger partial charge in [-0.3, -0.25) is 9.36 Å². The van der Waals surface area contributed by atoms with Crippen molar-refractivity contribution in [1.82, 2.24) is 23.7 Å². The van der Waals surface area contributed by atoms with Crippen molar-refractivity contribution in [3.05, 3.63) is 62.2 Å². The zero-order chi connectivity index (χ0) is 15.1. The van der Waals surface area contributed by atoms with E-state index in [1.54, 1.807) is 0 Å². The number of hydrogen-bond acceptors (Lipinski definition) is 4. The zero-order valence-corrected chi connectivity index (χ0v) is 11.6. The van der Waals surface area contributed by atoms with Crippen LogP contribution in [0.3, 0.4) is 0 Å². The molecule has 0 N–H and O–H groups in total. The van der Waals surface area contributed by atoms with Gasteiger partial charge in [0.15, 0.2) is 5.15 Å². The summed E-state index contributed by atoms with van der Waals surface area (Å²) in [6.45, 7) is -0.210. The molecule has 3 aromatic heterocycles. The van der Waals surface area contributed by atoms with Crippen LogP contribution >= 0.6 is 11.6 Å². The topological polar surface area (TPSA) is 74.2 Å². The third kappa shape index (κ3) is 2.13. The van der Waals surface area contributed by atoms with Crippen LogP contribution in [0.5, 0.6) is 0 Å². The van der Waals surface area contributed by atoms with E-state index in [0.29, 0.717) is 0 Å². The van der Waals surface area contributed by atoms with Gasteiger partial charge in [-0.05, 0) is 6.07 Å². The van der Waals surface area contributed by atoms with Gasteiger partial charge in [0.05, 0.1) is 6.54 Å². The second kappa shape index (κ2) is 4.81. The second-order valence-electron chi connectivity index (χ2n) is 4.44. The Bertz CT molecular complexity index is 958. The van der Waals surface area contributed by atoms with Crippen molar-refractivity contribution in [2.24, 2.45) is 7.05 Å². The number of halogens is 2. The quantitative estimate of drug-likeness (QED) is 0.688. The van der Waals surface area contributed by atoms with Gasteiger partial charge in [-0.15, -0.1) is 0 Å². The summed E-state index contributed by atoms with van der Waals surface area (Å²) in [5, 5.41) is 3.83. The van der Waals surface area contributed by atoms with Crippen molar-refractivity contribution in [1.29, 1.82) is 0 Å². The highest BCUT2D eigenvalue weighted by molar-refractivity contribution is 6.32. The summed E-state index contributed by atoms with van der Waals surface area (Å²) in [7, 11) is 1.51. The van der Waals surface area contributed by atoms with E-state index < -0.39 is 17.2 Å². The van der Waals surface area contributed by atoms with Crippen LogP contribution in [0.2, 0.25) is 5.15 Å². The molecule has 0 amide bonds. The first-order valence-electron chi connectivity index (χ1n) is 5.92. The average molecular weight is 310 g/mol. The van der Waals surface area contributed by atoms with Gasteiger partial charge in [0.2, 0.25) is 5.95 Å². The molecule has 0 saturated heterocycles. The molecule has 0 spiro atoms. The van der Waals surface area contributed by atoms with Crippen LogP contribution < -0.4 is 11.2 Å². The standard InChI is InChI=1S/C12H9ClFN5O2/c1-17-3-2-9(20)18(12(17)21)5-7-4-8-10(13)15-6-16-19(8)11(7)14/h2-4,6H,5H2,1H3. The maximum atomic E-state index is 14.2. The highest BCUT2D eigenvalue weighted by Crippen LogP contribution is 2.19. The Morgan fingerprint density at radius 2 is 2.14 bits per heavy atom. The summed E-state index contributed by atoms with van der Waals surface area (Å²) >= 11 is 5.86. The van der Waals surface area contributed by atoms with Crippen LogP contribution in [0.15, 0.2) is 34.2 Å². The highest BCUT2D eigenvalue weighted by atomic mass is 35.5. The normalized spacial score (nSPS) is 11.2. The van der Waals surface area contributed by atoms with E-state index in [2.05, 4.69) is 10.1 Å². The minimum absolute atomic E-state index is 0.0865. The number of fused-ring (bicyclic) bond motifs is 1. The van der Waals surface area contributed by atoms with Crippen LogP contribution in [0, 0.1) is 5.95 Å². The lowest BCUT2D eigenvalue weighted by Gasteiger charge is -2.04. The molecule has 0 unspecified atom stereocenters. The predicted molar refractivity (Wildman–Crippen MR) is 73.0 cm³/mol. The van der Waals surface area contributed by atoms with Crippen molar-refractivity contribution in [2.75, 3.05) is 0 Å². The fraction of sp³-hybridized carbons (Fsp3) is 0.167. The predicted octanol–water partition coefficient (Wildman–Crippen LogP) is 0.430. The molecule has 0 saturated carbocycles. The zero-order valence-electron chi connectivity index (χ0n) is 10.8. The summed E-state index contributed by atoms with van der Waals surface area (Å²) < 4.78 is 17.4. The Morgan fingerprint density at radius 3 is 2.86 bits per heavy atom. The van der Waals surface area contributed by atoms with Crippen molar-refractivity contribution in [3.63, 3.8) is 0 Å². The number of aromatic nitrogens is 5. The van der Waals surface area contributed by atoms with Gasteiger partial charge in [-0.2, -0.15) is 9.49 Å². The first-order valence-corrected chi connectivity index (χ1v) is 6.30. The van der Waals surface area contributed by atoms with Crippen molar-refractivity contribution < 1.29 is 4.39 Å². The molecule has 0 aliphatic carbocycles. The smallest absolute Gasteiger partial charge is 0.303 e. The second-order valence-corrected chi connectivity index (χ2v) is 4.80. The van der Waals surface area contributed by atoms with Gasteiger partial charge in [-0.25, -0.2) is 14.3 Å². The van der Waals surface area contributed by atoms with Crippen LogP contribution in [0.1, 0.15) is 5.56 Å². The van der Waals surface area contributed by atoms with E-state index in [0.717, 1.165) is 15.4 Å². The van der Waals surface area contributed by atoms with E-state index in [4.69, 9.17) is 11.6 Å². The van der Waals surface area contributed by atoms with Gasteiger partial charge in [0.1, 0.15) is 11.8 Å². The summed E-state index contributed by atoms with van der Waals surface area (Å²) in [5.74, 6) is -0.688. The summed E-state index contributed by atoms with van der Waals surface area (Å²) in [6.07, 6.45) is 2.48. The molecule has 7 nitrogen and oxygen atoms in total. The number of nitrogens with zero attached hydrogens (tertiary/aromatic N) is 5. The first-order chi connectivity index (χ1) is 9.99. The van der Waals surface area contributed by atoms with Gasteiger partial charge >= 0.3 is 5.69 Å². The van der Waals surface area contributed by atoms with Crippen LogP contribution in [-0.4, -0.2) is 23.7 Å². The number of rotatable bonds is 2. The molecule has 21 heavy (non-hydrogen) atoms. The van der Waals surface area contributed by atoms with E-state index in [9.17, 15) is 14.0 Å². The molecule has 3 rings (SSSR count). The molecule has 3 heterocycles. The van der Waals surface area contributed by atoms with E-state index in [1.807, 2.05) is 0 Å². The molecule has 0 aromatic carbocycles. The summed E-state index contributed by atoms with van der Waals surface area (Å²) in [6, 6.07) is 2.65. The Labute approximate surface area is 121 Å². The largest absolute Gasteiger partial charge is 0.331 e. The average Bonchev–Trinajstić information content (AvgIpc) is 2.78. The lowest BCUT2D eigenvalue weighted by Crippen LogP contribution is -2.38. The molecular weight excluding hydrogens is 301 g/mol. The molecule has 9 heteroatoms. The highest BCUT2D eigenvalue weighted by Gasteiger charge is 2.15. The van der Waals surface area contributed by atoms with E-state index in [-0.39, 0.29) is 22.8 Å². The molecule has 3 aromatic rings. The Balaban J connectivity index is 2.18. The van der Waals surface area contributed by atoms with E-state index >= 15 is 0 Å². The Hall–Kier alpha value is -2.48. The molecule has 0 fully saturated rings. The Morgan fingerprint density at radius 1 is 1.38 bits per heavy atom. The maximum Gasteiger partial charge on any atom is 0.331 e. The third-order valence-corrected chi connectivity index (χ3v) is 3.40. The third-order valence-electron chi connectivity index (χ3n) is 3.11. The Kier molecular flexibility index (Phi) is 3.09. The monoisotopic (exact) mass is 309 g/mol. The summed E-state index contributed by atoms with van der Waals surface area (Å²) in [5.41, 5.74) is -0.644. The van der Waals surface area contributed by atoms with Gasteiger partial charge in [-0.1, -0.05) is 11.6 Å². The van der Waals surface area contributed by atoms with Gasteiger partial charge < -0.3 is 4.57 Å². The van der Waals surface area contributed by atoms with Gasteiger partial charge in [0, 0.05) is 24.9 Å². The molecule has 0 aliphatic heterocycles. The SMILES string of the molecule is Cn1ccc(=O)n(Cc2cc3c(Cl)ncnn3c2F)c1=O. The maximum absolute atomic E-state index is 14.2. The summed E-state index contributed by atoms with van der Waals surface area (Å²) in [4.78, 5) is 27.4. The fourth-order valence-corrected chi connectivity index (χ4v) is 2.20. The minimum Gasteiger partial charge on any atom is -0.303 e. The molecular formula is C12H9ClFN5O2. The molecule has 0 aliphatic rings. The van der Waals surface area contributed by atoms with E-state index in [1.165, 1.54) is 29.9 Å². The number of hydrogen-bond donors (Lipinski definition) is 0. The van der Waals surface area contributed by atoms with Crippen LogP contribution in [-0.2, 0) is 13.6 Å².